The fraction of sp³-hybridized carbons (Fsp3) is 0.909. The molecule has 1 unspecified atom stereocenters. The van der Waals surface area contributed by atoms with E-state index in [1.54, 1.807) is 7.05 Å². The van der Waals surface area contributed by atoms with Gasteiger partial charge in [0.05, 0.1) is 13.6 Å². The lowest BCUT2D eigenvalue weighted by atomic mass is 10.1. The molecule has 1 aromatic rings. The third-order valence-electron chi connectivity index (χ3n) is 3.11. The molecule has 6 heteroatoms. The molecular formula is C11H22N6. The summed E-state index contributed by atoms with van der Waals surface area (Å²) in [6.45, 7) is 6.38. The van der Waals surface area contributed by atoms with Crippen LogP contribution in [0.25, 0.3) is 0 Å². The highest BCUT2D eigenvalue weighted by molar-refractivity contribution is 4.82. The molecule has 0 radical (unpaired) electrons. The Bertz CT molecular complexity index is 336. The van der Waals surface area contributed by atoms with Gasteiger partial charge in [0.2, 0.25) is 0 Å². The minimum atomic E-state index is 0.610. The van der Waals surface area contributed by atoms with Gasteiger partial charge in [-0.2, -0.15) is 4.80 Å². The van der Waals surface area contributed by atoms with Gasteiger partial charge >= 0.3 is 0 Å². The average molecular weight is 238 g/mol. The topological polar surface area (TPSA) is 58.9 Å². The number of aromatic nitrogens is 4. The van der Waals surface area contributed by atoms with E-state index in [0.29, 0.717) is 6.04 Å². The Morgan fingerprint density at radius 3 is 3.06 bits per heavy atom. The molecule has 1 saturated heterocycles. The van der Waals surface area contributed by atoms with Gasteiger partial charge in [0.1, 0.15) is 0 Å². The normalized spacial score (nSPS) is 22.6. The zero-order valence-corrected chi connectivity index (χ0v) is 10.8. The van der Waals surface area contributed by atoms with Crippen molar-refractivity contribution in [2.75, 3.05) is 19.6 Å². The van der Waals surface area contributed by atoms with Crippen molar-refractivity contribution in [3.63, 3.8) is 0 Å². The number of hydrogen-bond acceptors (Lipinski definition) is 5. The molecule has 0 amide bonds. The molecule has 0 aliphatic carbocycles. The zero-order chi connectivity index (χ0) is 12.1. The lowest BCUT2D eigenvalue weighted by Gasteiger charge is -2.22. The highest BCUT2D eigenvalue weighted by Gasteiger charge is 2.18. The first kappa shape index (κ1) is 12.4. The predicted molar refractivity (Wildman–Crippen MR) is 65.4 cm³/mol. The molecule has 1 aromatic heterocycles. The Morgan fingerprint density at radius 1 is 1.47 bits per heavy atom. The summed E-state index contributed by atoms with van der Waals surface area (Å²) in [6.07, 6.45) is 3.67. The first-order valence-corrected chi connectivity index (χ1v) is 6.46. The SMILES string of the molecule is CCCC1CN(Cc2nnn(C)n2)CCCN1. The van der Waals surface area contributed by atoms with E-state index in [2.05, 4.69) is 32.6 Å². The molecule has 1 N–H and O–H groups in total. The molecule has 2 heterocycles. The number of tetrazole rings is 1. The molecule has 0 saturated carbocycles. The molecule has 96 valence electrons. The minimum Gasteiger partial charge on any atom is -0.313 e. The van der Waals surface area contributed by atoms with Crippen LogP contribution in [-0.4, -0.2) is 50.8 Å². The number of rotatable bonds is 4. The van der Waals surface area contributed by atoms with Crippen LogP contribution in [0.4, 0.5) is 0 Å². The monoisotopic (exact) mass is 238 g/mol. The molecule has 0 aromatic carbocycles. The third-order valence-corrected chi connectivity index (χ3v) is 3.11. The van der Waals surface area contributed by atoms with Crippen molar-refractivity contribution in [2.24, 2.45) is 7.05 Å². The molecule has 17 heavy (non-hydrogen) atoms. The van der Waals surface area contributed by atoms with Gasteiger partial charge in [-0.25, -0.2) is 0 Å². The Labute approximate surface area is 102 Å². The van der Waals surface area contributed by atoms with E-state index < -0.39 is 0 Å². The van der Waals surface area contributed by atoms with Gasteiger partial charge in [0.25, 0.3) is 0 Å². The van der Waals surface area contributed by atoms with Crippen LogP contribution in [0.3, 0.4) is 0 Å². The lowest BCUT2D eigenvalue weighted by molar-refractivity contribution is 0.248. The summed E-state index contributed by atoms with van der Waals surface area (Å²) in [7, 11) is 1.81. The van der Waals surface area contributed by atoms with E-state index in [1.165, 1.54) is 24.1 Å². The molecule has 2 rings (SSSR count). The maximum Gasteiger partial charge on any atom is 0.188 e. The van der Waals surface area contributed by atoms with E-state index in [-0.39, 0.29) is 0 Å². The summed E-state index contributed by atoms with van der Waals surface area (Å²) in [4.78, 5) is 3.95. The number of nitrogens with zero attached hydrogens (tertiary/aromatic N) is 5. The second kappa shape index (κ2) is 6.07. The van der Waals surface area contributed by atoms with Crippen molar-refractivity contribution in [1.29, 1.82) is 0 Å². The highest BCUT2D eigenvalue weighted by Crippen LogP contribution is 2.07. The Kier molecular flexibility index (Phi) is 4.44. The van der Waals surface area contributed by atoms with Gasteiger partial charge < -0.3 is 5.32 Å². The van der Waals surface area contributed by atoms with Crippen molar-refractivity contribution in [1.82, 2.24) is 30.4 Å². The fourth-order valence-corrected chi connectivity index (χ4v) is 2.35. The van der Waals surface area contributed by atoms with Crippen LogP contribution < -0.4 is 5.32 Å². The van der Waals surface area contributed by atoms with Gasteiger partial charge in [0, 0.05) is 12.6 Å². The molecule has 1 fully saturated rings. The Morgan fingerprint density at radius 2 is 2.35 bits per heavy atom. The number of nitrogens with one attached hydrogen (secondary N) is 1. The predicted octanol–water partition coefficient (Wildman–Crippen LogP) is 0.174. The molecule has 1 aliphatic rings. The standard InChI is InChI=1S/C11H22N6/c1-3-5-10-8-17(7-4-6-12-10)9-11-13-15-16(2)14-11/h10,12H,3-9H2,1-2H3. The summed E-state index contributed by atoms with van der Waals surface area (Å²) in [5.41, 5.74) is 0. The van der Waals surface area contributed by atoms with E-state index >= 15 is 0 Å². The van der Waals surface area contributed by atoms with Crippen molar-refractivity contribution in [2.45, 2.75) is 38.8 Å². The van der Waals surface area contributed by atoms with Gasteiger partial charge in [-0.1, -0.05) is 13.3 Å². The van der Waals surface area contributed by atoms with Gasteiger partial charge in [0.15, 0.2) is 5.82 Å². The minimum absolute atomic E-state index is 0.610. The maximum atomic E-state index is 4.24. The Balaban J connectivity index is 1.90. The van der Waals surface area contributed by atoms with Crippen LogP contribution in [0.1, 0.15) is 32.0 Å². The smallest absolute Gasteiger partial charge is 0.188 e. The molecule has 0 bridgehead atoms. The van der Waals surface area contributed by atoms with Crippen LogP contribution in [0.2, 0.25) is 0 Å². The summed E-state index contributed by atoms with van der Waals surface area (Å²) in [5.74, 6) is 0.824. The van der Waals surface area contributed by atoms with Crippen molar-refractivity contribution in [3.05, 3.63) is 5.82 Å². The van der Waals surface area contributed by atoms with Gasteiger partial charge in [-0.05, 0) is 31.1 Å². The molecular weight excluding hydrogens is 216 g/mol. The van der Waals surface area contributed by atoms with E-state index in [0.717, 1.165) is 32.0 Å². The molecule has 1 aliphatic heterocycles. The van der Waals surface area contributed by atoms with Crippen LogP contribution in [0.15, 0.2) is 0 Å². The Hall–Kier alpha value is -1.01. The summed E-state index contributed by atoms with van der Waals surface area (Å²) >= 11 is 0. The summed E-state index contributed by atoms with van der Waals surface area (Å²) in [5, 5.41) is 15.8. The molecule has 0 spiro atoms. The van der Waals surface area contributed by atoms with Crippen molar-refractivity contribution in [3.8, 4) is 0 Å². The average Bonchev–Trinajstić information content (AvgIpc) is 2.58. The van der Waals surface area contributed by atoms with E-state index in [9.17, 15) is 0 Å². The molecule has 6 nitrogen and oxygen atoms in total. The van der Waals surface area contributed by atoms with Crippen LogP contribution in [-0.2, 0) is 13.6 Å². The van der Waals surface area contributed by atoms with E-state index in [4.69, 9.17) is 0 Å². The van der Waals surface area contributed by atoms with Crippen LogP contribution in [0.5, 0.6) is 0 Å². The highest BCUT2D eigenvalue weighted by atomic mass is 15.6. The van der Waals surface area contributed by atoms with Gasteiger partial charge in [-0.3, -0.25) is 4.90 Å². The second-order valence-electron chi connectivity index (χ2n) is 4.72. The number of aryl methyl sites for hydroxylation is 1. The maximum absolute atomic E-state index is 4.24. The third kappa shape index (κ3) is 3.74. The van der Waals surface area contributed by atoms with Crippen molar-refractivity contribution < 1.29 is 0 Å². The lowest BCUT2D eigenvalue weighted by Crippen LogP contribution is -2.37. The largest absolute Gasteiger partial charge is 0.313 e. The van der Waals surface area contributed by atoms with Crippen LogP contribution >= 0.6 is 0 Å². The fourth-order valence-electron chi connectivity index (χ4n) is 2.35. The summed E-state index contributed by atoms with van der Waals surface area (Å²) < 4.78 is 0. The first-order chi connectivity index (χ1) is 8.28. The van der Waals surface area contributed by atoms with E-state index in [1.807, 2.05) is 0 Å². The molecule has 1 atom stereocenters. The van der Waals surface area contributed by atoms with Crippen LogP contribution in [0, 0.1) is 0 Å². The van der Waals surface area contributed by atoms with Crippen molar-refractivity contribution >= 4 is 0 Å². The number of hydrogen-bond donors (Lipinski definition) is 1. The quantitative estimate of drug-likeness (QED) is 0.810. The summed E-state index contributed by atoms with van der Waals surface area (Å²) in [6, 6.07) is 0.610. The van der Waals surface area contributed by atoms with Gasteiger partial charge in [-0.15, -0.1) is 10.2 Å². The first-order valence-electron chi connectivity index (χ1n) is 6.46. The zero-order valence-electron chi connectivity index (χ0n) is 10.8. The second-order valence-corrected chi connectivity index (χ2v) is 4.72.